The number of hydrogen-bond donors (Lipinski definition) is 2. The average Bonchev–Trinajstić information content (AvgIpc) is 3.28. The zero-order valence-electron chi connectivity index (χ0n) is 12.3. The topological polar surface area (TPSA) is 78.7 Å². The molecule has 0 aromatic rings. The molecule has 114 valence electrons. The van der Waals surface area contributed by atoms with Crippen molar-refractivity contribution in [2.24, 2.45) is 11.7 Å². The van der Waals surface area contributed by atoms with E-state index in [0.717, 1.165) is 32.2 Å². The molecule has 1 aliphatic heterocycles. The number of nitrogens with one attached hydrogen (secondary N) is 1. The fraction of sp³-hybridized carbons (Fsp3) is 0.857. The Hall–Kier alpha value is -1.14. The monoisotopic (exact) mass is 282 g/mol. The molecular formula is C14H26N4O2. The van der Waals surface area contributed by atoms with Gasteiger partial charge in [-0.1, -0.05) is 0 Å². The first-order valence-electron chi connectivity index (χ1n) is 7.57. The predicted octanol–water partition coefficient (Wildman–Crippen LogP) is -0.606. The molecule has 2 aliphatic rings. The molecule has 1 aliphatic carbocycles. The summed E-state index contributed by atoms with van der Waals surface area (Å²) in [5, 5.41) is 2.84. The second-order valence-electron chi connectivity index (χ2n) is 5.89. The summed E-state index contributed by atoms with van der Waals surface area (Å²) in [6.07, 6.45) is 4.14. The first-order valence-corrected chi connectivity index (χ1v) is 7.57. The summed E-state index contributed by atoms with van der Waals surface area (Å²) in [4.78, 5) is 28.0. The summed E-state index contributed by atoms with van der Waals surface area (Å²) in [6.45, 7) is 3.02. The maximum absolute atomic E-state index is 12.1. The molecule has 0 radical (unpaired) electrons. The van der Waals surface area contributed by atoms with Crippen molar-refractivity contribution in [2.75, 3.05) is 39.8 Å². The molecule has 2 rings (SSSR count). The second kappa shape index (κ2) is 7.04. The zero-order valence-corrected chi connectivity index (χ0v) is 12.3. The van der Waals surface area contributed by atoms with Gasteiger partial charge in [0.2, 0.25) is 11.8 Å². The van der Waals surface area contributed by atoms with Gasteiger partial charge in [-0.3, -0.25) is 14.5 Å². The molecular weight excluding hydrogens is 256 g/mol. The highest BCUT2D eigenvalue weighted by Gasteiger charge is 2.32. The number of amides is 2. The third-order valence-corrected chi connectivity index (χ3v) is 4.17. The van der Waals surface area contributed by atoms with Crippen molar-refractivity contribution in [3.63, 3.8) is 0 Å². The number of carbonyl (C=O) groups is 2. The van der Waals surface area contributed by atoms with E-state index in [9.17, 15) is 9.59 Å². The second-order valence-corrected chi connectivity index (χ2v) is 5.89. The van der Waals surface area contributed by atoms with Crippen LogP contribution in [0.3, 0.4) is 0 Å². The van der Waals surface area contributed by atoms with Crippen molar-refractivity contribution >= 4 is 11.8 Å². The van der Waals surface area contributed by atoms with Crippen LogP contribution in [0.15, 0.2) is 0 Å². The van der Waals surface area contributed by atoms with Crippen LogP contribution < -0.4 is 11.1 Å². The van der Waals surface area contributed by atoms with Crippen molar-refractivity contribution in [3.05, 3.63) is 0 Å². The van der Waals surface area contributed by atoms with Crippen LogP contribution in [0.4, 0.5) is 0 Å². The van der Waals surface area contributed by atoms with Gasteiger partial charge in [-0.2, -0.15) is 0 Å². The van der Waals surface area contributed by atoms with E-state index in [-0.39, 0.29) is 17.7 Å². The molecule has 6 heteroatoms. The third-order valence-electron chi connectivity index (χ3n) is 4.17. The first kappa shape index (κ1) is 15.3. The van der Waals surface area contributed by atoms with Crippen LogP contribution in [0.25, 0.3) is 0 Å². The fourth-order valence-corrected chi connectivity index (χ4v) is 2.72. The lowest BCUT2D eigenvalue weighted by Crippen LogP contribution is -2.47. The summed E-state index contributed by atoms with van der Waals surface area (Å²) in [5.41, 5.74) is 5.39. The van der Waals surface area contributed by atoms with Crippen molar-refractivity contribution in [1.29, 1.82) is 0 Å². The Bertz CT molecular complexity index is 357. The number of rotatable bonds is 6. The third kappa shape index (κ3) is 4.18. The molecule has 3 N–H and O–H groups in total. The number of piperidine rings is 1. The van der Waals surface area contributed by atoms with Crippen LogP contribution in [-0.4, -0.2) is 67.4 Å². The average molecular weight is 282 g/mol. The minimum absolute atomic E-state index is 0.00525. The summed E-state index contributed by atoms with van der Waals surface area (Å²) in [7, 11) is 1.88. The molecule has 20 heavy (non-hydrogen) atoms. The van der Waals surface area contributed by atoms with Gasteiger partial charge in [-0.15, -0.1) is 0 Å². The minimum atomic E-state index is -0.00525. The minimum Gasteiger partial charge on any atom is -0.355 e. The van der Waals surface area contributed by atoms with Crippen molar-refractivity contribution in [2.45, 2.75) is 31.7 Å². The van der Waals surface area contributed by atoms with Gasteiger partial charge >= 0.3 is 0 Å². The highest BCUT2D eigenvalue weighted by atomic mass is 16.2. The Morgan fingerprint density at radius 3 is 2.75 bits per heavy atom. The molecule has 0 bridgehead atoms. The van der Waals surface area contributed by atoms with Crippen molar-refractivity contribution in [3.8, 4) is 0 Å². The number of carbonyl (C=O) groups excluding carboxylic acids is 2. The quantitative estimate of drug-likeness (QED) is 0.681. The molecule has 0 aromatic carbocycles. The van der Waals surface area contributed by atoms with Crippen LogP contribution in [0, 0.1) is 5.92 Å². The largest absolute Gasteiger partial charge is 0.355 e. The summed E-state index contributed by atoms with van der Waals surface area (Å²) in [5.74, 6) is 0.244. The lowest BCUT2D eigenvalue weighted by atomic mass is 9.97. The summed E-state index contributed by atoms with van der Waals surface area (Å²) in [6, 6.07) is 0.455. The standard InChI is InChI=1S/C14H26N4O2/c1-17(12-4-5-12)13(19)10-18-8-2-3-11(9-18)14(20)16-7-6-15/h11-12H,2-10,15H2,1H3,(H,16,20). The number of likely N-dealkylation sites (N-methyl/N-ethyl adjacent to an activating group) is 1. The predicted molar refractivity (Wildman–Crippen MR) is 77.0 cm³/mol. The molecule has 1 saturated heterocycles. The fourth-order valence-electron chi connectivity index (χ4n) is 2.72. The van der Waals surface area contributed by atoms with E-state index in [1.807, 2.05) is 11.9 Å². The molecule has 1 unspecified atom stereocenters. The summed E-state index contributed by atoms with van der Waals surface area (Å²) >= 11 is 0. The van der Waals surface area contributed by atoms with Crippen molar-refractivity contribution in [1.82, 2.24) is 15.1 Å². The lowest BCUT2D eigenvalue weighted by Gasteiger charge is -2.32. The Balaban J connectivity index is 1.77. The number of likely N-dealkylation sites (tertiary alicyclic amines) is 1. The number of nitrogens with two attached hydrogens (primary N) is 1. The van der Waals surface area contributed by atoms with Crippen LogP contribution in [-0.2, 0) is 9.59 Å². The Kier molecular flexibility index (Phi) is 5.37. The van der Waals surface area contributed by atoms with Crippen LogP contribution in [0.5, 0.6) is 0 Å². The maximum atomic E-state index is 12.1. The molecule has 6 nitrogen and oxygen atoms in total. The van der Waals surface area contributed by atoms with Gasteiger partial charge in [0.15, 0.2) is 0 Å². The smallest absolute Gasteiger partial charge is 0.236 e. The van der Waals surface area contributed by atoms with E-state index in [1.54, 1.807) is 0 Å². The number of hydrogen-bond acceptors (Lipinski definition) is 4. The van der Waals surface area contributed by atoms with E-state index in [0.29, 0.717) is 32.2 Å². The molecule has 2 amide bonds. The highest BCUT2D eigenvalue weighted by molar-refractivity contribution is 5.80. The van der Waals surface area contributed by atoms with Gasteiger partial charge in [-0.05, 0) is 32.2 Å². The maximum Gasteiger partial charge on any atom is 0.236 e. The van der Waals surface area contributed by atoms with Gasteiger partial charge in [0.05, 0.1) is 12.5 Å². The molecule has 0 spiro atoms. The van der Waals surface area contributed by atoms with Gasteiger partial charge < -0.3 is 16.0 Å². The summed E-state index contributed by atoms with van der Waals surface area (Å²) < 4.78 is 0. The van der Waals surface area contributed by atoms with E-state index in [4.69, 9.17) is 5.73 Å². The van der Waals surface area contributed by atoms with E-state index < -0.39 is 0 Å². The SMILES string of the molecule is CN(C(=O)CN1CCCC(C(=O)NCCN)C1)C1CC1. The first-order chi connectivity index (χ1) is 9.61. The van der Waals surface area contributed by atoms with Crippen LogP contribution in [0.2, 0.25) is 0 Å². The van der Waals surface area contributed by atoms with Gasteiger partial charge in [0.25, 0.3) is 0 Å². The highest BCUT2D eigenvalue weighted by Crippen LogP contribution is 2.25. The van der Waals surface area contributed by atoms with E-state index >= 15 is 0 Å². The van der Waals surface area contributed by atoms with Crippen LogP contribution in [0.1, 0.15) is 25.7 Å². The Morgan fingerprint density at radius 2 is 2.10 bits per heavy atom. The Labute approximate surface area is 120 Å². The molecule has 1 saturated carbocycles. The Morgan fingerprint density at radius 1 is 1.35 bits per heavy atom. The molecule has 1 heterocycles. The van der Waals surface area contributed by atoms with E-state index in [1.165, 1.54) is 0 Å². The molecule has 0 aromatic heterocycles. The van der Waals surface area contributed by atoms with Crippen molar-refractivity contribution < 1.29 is 9.59 Å². The van der Waals surface area contributed by atoms with Crippen LogP contribution >= 0.6 is 0 Å². The number of nitrogens with zero attached hydrogens (tertiary/aromatic N) is 2. The zero-order chi connectivity index (χ0) is 14.5. The van der Waals surface area contributed by atoms with Gasteiger partial charge in [0.1, 0.15) is 0 Å². The molecule has 2 fully saturated rings. The van der Waals surface area contributed by atoms with E-state index in [2.05, 4.69) is 10.2 Å². The molecule has 1 atom stereocenters. The van der Waals surface area contributed by atoms with Gasteiger partial charge in [-0.25, -0.2) is 0 Å². The van der Waals surface area contributed by atoms with Gasteiger partial charge in [0, 0.05) is 32.7 Å². The normalized spacial score (nSPS) is 23.4. The lowest BCUT2D eigenvalue weighted by molar-refractivity contribution is -0.134.